The molecule has 0 atom stereocenters. The van der Waals surface area contributed by atoms with Crippen molar-refractivity contribution in [2.24, 2.45) is 0 Å². The summed E-state index contributed by atoms with van der Waals surface area (Å²) in [6.45, 7) is 6.93. The molecule has 4 rings (SSSR count). The number of thiophene rings is 1. The lowest BCUT2D eigenvalue weighted by atomic mass is 10.1. The van der Waals surface area contributed by atoms with Gasteiger partial charge in [0.25, 0.3) is 5.91 Å². The van der Waals surface area contributed by atoms with Crippen LogP contribution in [0.5, 0.6) is 0 Å². The highest BCUT2D eigenvalue weighted by molar-refractivity contribution is 7.21. The highest BCUT2D eigenvalue weighted by Gasteiger charge is 2.26. The van der Waals surface area contributed by atoms with Crippen molar-refractivity contribution >= 4 is 33.0 Å². The van der Waals surface area contributed by atoms with Gasteiger partial charge in [-0.25, -0.2) is 4.39 Å². The van der Waals surface area contributed by atoms with Gasteiger partial charge in [0.1, 0.15) is 5.82 Å². The second-order valence-electron chi connectivity index (χ2n) is 6.79. The van der Waals surface area contributed by atoms with E-state index < -0.39 is 0 Å². The first kappa shape index (κ1) is 17.0. The summed E-state index contributed by atoms with van der Waals surface area (Å²) in [5.41, 5.74) is 3.20. The van der Waals surface area contributed by atoms with Crippen molar-refractivity contribution in [2.45, 2.75) is 13.8 Å². The lowest BCUT2D eigenvalue weighted by Crippen LogP contribution is -2.48. The number of aryl methyl sites for hydroxylation is 2. The molecule has 0 unspecified atom stereocenters. The van der Waals surface area contributed by atoms with Crippen LogP contribution in [0.2, 0.25) is 0 Å². The van der Waals surface area contributed by atoms with E-state index in [0.717, 1.165) is 23.4 Å². The van der Waals surface area contributed by atoms with Crippen LogP contribution >= 0.6 is 11.3 Å². The van der Waals surface area contributed by atoms with Crippen molar-refractivity contribution in [1.29, 1.82) is 0 Å². The SMILES string of the molecule is Cc1cccc(N2CCN(C(=O)c3sc4cccc(F)c4c3C)CC2)c1. The van der Waals surface area contributed by atoms with Crippen LogP contribution in [0.25, 0.3) is 10.1 Å². The number of hydrogen-bond acceptors (Lipinski definition) is 3. The minimum atomic E-state index is -0.250. The summed E-state index contributed by atoms with van der Waals surface area (Å²) >= 11 is 1.39. The second-order valence-corrected chi connectivity index (χ2v) is 7.84. The van der Waals surface area contributed by atoms with E-state index in [1.807, 2.05) is 17.9 Å². The largest absolute Gasteiger partial charge is 0.368 e. The Bertz CT molecular complexity index is 973. The molecule has 134 valence electrons. The fourth-order valence-electron chi connectivity index (χ4n) is 3.59. The van der Waals surface area contributed by atoms with E-state index in [4.69, 9.17) is 0 Å². The third-order valence-corrected chi connectivity index (χ3v) is 6.28. The molecule has 1 aromatic heterocycles. The van der Waals surface area contributed by atoms with Crippen LogP contribution in [-0.4, -0.2) is 37.0 Å². The van der Waals surface area contributed by atoms with Gasteiger partial charge in [-0.3, -0.25) is 4.79 Å². The molecule has 1 fully saturated rings. The zero-order chi connectivity index (χ0) is 18.3. The number of anilines is 1. The summed E-state index contributed by atoms with van der Waals surface area (Å²) < 4.78 is 14.9. The lowest BCUT2D eigenvalue weighted by Gasteiger charge is -2.36. The van der Waals surface area contributed by atoms with Crippen LogP contribution in [0.3, 0.4) is 0 Å². The van der Waals surface area contributed by atoms with E-state index in [2.05, 4.69) is 36.1 Å². The van der Waals surface area contributed by atoms with Gasteiger partial charge in [-0.2, -0.15) is 0 Å². The van der Waals surface area contributed by atoms with Crippen LogP contribution in [0, 0.1) is 19.7 Å². The van der Waals surface area contributed by atoms with Crippen LogP contribution in [0.4, 0.5) is 10.1 Å². The summed E-state index contributed by atoms with van der Waals surface area (Å²) in [6.07, 6.45) is 0. The molecule has 0 saturated carbocycles. The fraction of sp³-hybridized carbons (Fsp3) is 0.286. The predicted molar refractivity (Wildman–Crippen MR) is 106 cm³/mol. The molecule has 26 heavy (non-hydrogen) atoms. The monoisotopic (exact) mass is 368 g/mol. The maximum absolute atomic E-state index is 14.1. The van der Waals surface area contributed by atoms with Crippen molar-refractivity contribution < 1.29 is 9.18 Å². The molecular formula is C21H21FN2OS. The van der Waals surface area contributed by atoms with E-state index in [-0.39, 0.29) is 11.7 Å². The Hall–Kier alpha value is -2.40. The molecule has 0 N–H and O–H groups in total. The number of amides is 1. The standard InChI is InChI=1S/C21H21FN2OS/c1-14-5-3-6-16(13-14)23-9-11-24(12-10-23)21(25)20-15(2)19-17(22)7-4-8-18(19)26-20/h3-8,13H,9-12H2,1-2H3. The summed E-state index contributed by atoms with van der Waals surface area (Å²) in [6, 6.07) is 13.5. The molecule has 1 amide bonds. The number of carbonyl (C=O) groups is 1. The summed E-state index contributed by atoms with van der Waals surface area (Å²) in [5, 5.41) is 0.583. The van der Waals surface area contributed by atoms with Gasteiger partial charge in [0, 0.05) is 42.0 Å². The third kappa shape index (κ3) is 2.97. The second kappa shape index (κ2) is 6.72. The molecule has 2 heterocycles. The fourth-order valence-corrected chi connectivity index (χ4v) is 4.78. The Morgan fingerprint density at radius 2 is 1.77 bits per heavy atom. The Morgan fingerprint density at radius 1 is 1.04 bits per heavy atom. The van der Waals surface area contributed by atoms with Gasteiger partial charge >= 0.3 is 0 Å². The molecular weight excluding hydrogens is 347 g/mol. The van der Waals surface area contributed by atoms with Crippen molar-refractivity contribution in [1.82, 2.24) is 4.90 Å². The van der Waals surface area contributed by atoms with Gasteiger partial charge in [-0.1, -0.05) is 18.2 Å². The minimum absolute atomic E-state index is 0.0204. The quantitative estimate of drug-likeness (QED) is 0.659. The van der Waals surface area contributed by atoms with Crippen LogP contribution in [0.1, 0.15) is 20.8 Å². The number of nitrogens with zero attached hydrogens (tertiary/aromatic N) is 2. The van der Waals surface area contributed by atoms with Gasteiger partial charge in [-0.15, -0.1) is 11.3 Å². The Kier molecular flexibility index (Phi) is 4.41. The molecule has 1 saturated heterocycles. The third-order valence-electron chi connectivity index (χ3n) is 5.03. The molecule has 0 radical (unpaired) electrons. The molecule has 3 nitrogen and oxygen atoms in total. The van der Waals surface area contributed by atoms with E-state index in [9.17, 15) is 9.18 Å². The van der Waals surface area contributed by atoms with E-state index in [1.165, 1.54) is 28.7 Å². The normalized spacial score (nSPS) is 14.9. The van der Waals surface area contributed by atoms with E-state index in [0.29, 0.717) is 23.4 Å². The molecule has 5 heteroatoms. The van der Waals surface area contributed by atoms with Crippen molar-refractivity contribution in [3.63, 3.8) is 0 Å². The molecule has 3 aromatic rings. The molecule has 0 bridgehead atoms. The first-order chi connectivity index (χ1) is 12.5. The summed E-state index contributed by atoms with van der Waals surface area (Å²) in [7, 11) is 0. The summed E-state index contributed by atoms with van der Waals surface area (Å²) in [5.74, 6) is -0.230. The lowest BCUT2D eigenvalue weighted by molar-refractivity contribution is 0.0751. The average Bonchev–Trinajstić information content (AvgIpc) is 2.99. The zero-order valence-electron chi connectivity index (χ0n) is 15.0. The number of fused-ring (bicyclic) bond motifs is 1. The van der Waals surface area contributed by atoms with Gasteiger partial charge in [0.2, 0.25) is 0 Å². The first-order valence-electron chi connectivity index (χ1n) is 8.83. The average molecular weight is 368 g/mol. The van der Waals surface area contributed by atoms with E-state index in [1.54, 1.807) is 6.07 Å². The number of benzene rings is 2. The van der Waals surface area contributed by atoms with Crippen molar-refractivity contribution in [3.05, 3.63) is 64.3 Å². The number of rotatable bonds is 2. The van der Waals surface area contributed by atoms with E-state index >= 15 is 0 Å². The predicted octanol–water partition coefficient (Wildman–Crippen LogP) is 4.62. The Labute approximate surface area is 156 Å². The maximum atomic E-state index is 14.1. The highest BCUT2D eigenvalue weighted by Crippen LogP contribution is 2.33. The maximum Gasteiger partial charge on any atom is 0.264 e. The first-order valence-corrected chi connectivity index (χ1v) is 9.65. The molecule has 0 aliphatic carbocycles. The Morgan fingerprint density at radius 3 is 2.46 bits per heavy atom. The van der Waals surface area contributed by atoms with Gasteiger partial charge in [0.15, 0.2) is 0 Å². The Balaban J connectivity index is 1.52. The minimum Gasteiger partial charge on any atom is -0.368 e. The van der Waals surface area contributed by atoms with Gasteiger partial charge in [-0.05, 0) is 49.2 Å². The topological polar surface area (TPSA) is 23.6 Å². The summed E-state index contributed by atoms with van der Waals surface area (Å²) in [4.78, 5) is 17.9. The number of hydrogen-bond donors (Lipinski definition) is 0. The number of halogens is 1. The van der Waals surface area contributed by atoms with Crippen LogP contribution in [-0.2, 0) is 0 Å². The molecule has 1 aliphatic heterocycles. The zero-order valence-corrected chi connectivity index (χ0v) is 15.8. The van der Waals surface area contributed by atoms with Crippen LogP contribution < -0.4 is 4.90 Å². The van der Waals surface area contributed by atoms with Crippen LogP contribution in [0.15, 0.2) is 42.5 Å². The number of carbonyl (C=O) groups excluding carboxylic acids is 1. The smallest absolute Gasteiger partial charge is 0.264 e. The highest BCUT2D eigenvalue weighted by atomic mass is 32.1. The van der Waals surface area contributed by atoms with Gasteiger partial charge < -0.3 is 9.80 Å². The molecule has 1 aliphatic rings. The number of piperazine rings is 1. The van der Waals surface area contributed by atoms with Crippen molar-refractivity contribution in [2.75, 3.05) is 31.1 Å². The van der Waals surface area contributed by atoms with Crippen molar-refractivity contribution in [3.8, 4) is 0 Å². The molecule has 0 spiro atoms. The van der Waals surface area contributed by atoms with Gasteiger partial charge in [0.05, 0.1) is 4.88 Å². The molecule has 2 aromatic carbocycles.